The zero-order chi connectivity index (χ0) is 25.7. The van der Waals surface area contributed by atoms with Crippen molar-refractivity contribution in [1.82, 2.24) is 15.1 Å². The van der Waals surface area contributed by atoms with Crippen LogP contribution >= 0.6 is 11.3 Å². The average molecular weight is 508 g/mol. The molecule has 1 unspecified atom stereocenters. The Morgan fingerprint density at radius 3 is 2.89 bits per heavy atom. The third kappa shape index (κ3) is 6.04. The van der Waals surface area contributed by atoms with Gasteiger partial charge in [0.15, 0.2) is 0 Å². The van der Waals surface area contributed by atoms with Gasteiger partial charge in [0.05, 0.1) is 30.6 Å². The van der Waals surface area contributed by atoms with Gasteiger partial charge >= 0.3 is 6.09 Å². The lowest BCUT2D eigenvalue weighted by Gasteiger charge is -2.22. The van der Waals surface area contributed by atoms with E-state index in [1.165, 1.54) is 11.3 Å². The molecule has 1 aliphatic rings. The summed E-state index contributed by atoms with van der Waals surface area (Å²) in [6, 6.07) is 11.8. The number of methoxy groups -OCH3 is 1. The number of nitrogens with zero attached hydrogens (tertiary/aromatic N) is 3. The van der Waals surface area contributed by atoms with Gasteiger partial charge in [0.1, 0.15) is 22.9 Å². The number of aromatic nitrogens is 2. The van der Waals surface area contributed by atoms with Gasteiger partial charge in [0, 0.05) is 24.8 Å². The molecule has 4 rings (SSSR count). The Morgan fingerprint density at radius 2 is 2.17 bits per heavy atom. The highest BCUT2D eigenvalue weighted by Gasteiger charge is 2.28. The number of hydrogen-bond acceptors (Lipinski definition) is 7. The van der Waals surface area contributed by atoms with Gasteiger partial charge in [0.25, 0.3) is 0 Å². The van der Waals surface area contributed by atoms with Crippen molar-refractivity contribution in [3.8, 4) is 11.8 Å². The molecule has 188 valence electrons. The van der Waals surface area contributed by atoms with Gasteiger partial charge in [-0.25, -0.2) is 4.79 Å². The fourth-order valence-electron chi connectivity index (χ4n) is 4.32. The second kappa shape index (κ2) is 11.3. The van der Waals surface area contributed by atoms with Crippen LogP contribution in [0.5, 0.6) is 5.75 Å². The number of carbonyl (C=O) groups is 2. The number of rotatable bonds is 8. The van der Waals surface area contributed by atoms with Gasteiger partial charge in [-0.05, 0) is 55.5 Å². The van der Waals surface area contributed by atoms with Crippen molar-refractivity contribution in [3.63, 3.8) is 0 Å². The molecule has 2 aromatic heterocycles. The van der Waals surface area contributed by atoms with E-state index in [0.29, 0.717) is 49.2 Å². The van der Waals surface area contributed by atoms with E-state index >= 15 is 0 Å². The van der Waals surface area contributed by atoms with Crippen molar-refractivity contribution in [2.75, 3.05) is 12.4 Å². The summed E-state index contributed by atoms with van der Waals surface area (Å²) < 4.78 is 12.6. The number of alkyl carbamates (subject to hydrolysis) is 1. The highest BCUT2D eigenvalue weighted by molar-refractivity contribution is 7.16. The topological polar surface area (TPSA) is 118 Å². The molecule has 36 heavy (non-hydrogen) atoms. The normalized spacial score (nSPS) is 14.4. The SMILES string of the molecule is COc1cccc(CCC(=O)Nc2sc3c(c2C#N)CCC(OC(=O)NCc2cc(C)nn2C)C3)c1. The lowest BCUT2D eigenvalue weighted by atomic mass is 9.94. The van der Waals surface area contributed by atoms with Crippen LogP contribution in [-0.4, -0.2) is 35.0 Å². The molecule has 0 radical (unpaired) electrons. The number of nitriles is 1. The zero-order valence-electron chi connectivity index (χ0n) is 20.6. The molecule has 9 nitrogen and oxygen atoms in total. The Balaban J connectivity index is 1.32. The average Bonchev–Trinajstić information content (AvgIpc) is 3.38. The Bertz CT molecular complexity index is 1310. The minimum Gasteiger partial charge on any atom is -0.497 e. The van der Waals surface area contributed by atoms with E-state index in [1.807, 2.05) is 44.3 Å². The maximum absolute atomic E-state index is 12.6. The van der Waals surface area contributed by atoms with Crippen LogP contribution in [0.25, 0.3) is 0 Å². The Kier molecular flexibility index (Phi) is 7.90. The summed E-state index contributed by atoms with van der Waals surface area (Å²) in [7, 11) is 3.44. The predicted molar refractivity (Wildman–Crippen MR) is 136 cm³/mol. The molecule has 0 saturated carbocycles. The quantitative estimate of drug-likeness (QED) is 0.475. The molecule has 0 aliphatic heterocycles. The van der Waals surface area contributed by atoms with Crippen LogP contribution in [0.3, 0.4) is 0 Å². The molecule has 2 heterocycles. The van der Waals surface area contributed by atoms with E-state index in [0.717, 1.165) is 33.1 Å². The second-order valence-electron chi connectivity index (χ2n) is 8.74. The molecule has 10 heteroatoms. The number of amides is 2. The Labute approximate surface area is 214 Å². The molecular weight excluding hydrogens is 478 g/mol. The summed E-state index contributed by atoms with van der Waals surface area (Å²) in [4.78, 5) is 25.9. The summed E-state index contributed by atoms with van der Waals surface area (Å²) in [5.74, 6) is 0.605. The van der Waals surface area contributed by atoms with Crippen LogP contribution in [-0.2, 0) is 42.4 Å². The third-order valence-electron chi connectivity index (χ3n) is 6.15. The van der Waals surface area contributed by atoms with Crippen LogP contribution in [0.15, 0.2) is 30.3 Å². The number of benzene rings is 1. The lowest BCUT2D eigenvalue weighted by Crippen LogP contribution is -2.32. The highest BCUT2D eigenvalue weighted by Crippen LogP contribution is 2.38. The first-order valence-electron chi connectivity index (χ1n) is 11.8. The minimum absolute atomic E-state index is 0.148. The first-order valence-corrected chi connectivity index (χ1v) is 12.6. The Hall–Kier alpha value is -3.84. The molecule has 1 aromatic carbocycles. The summed E-state index contributed by atoms with van der Waals surface area (Å²) in [5, 5.41) is 20.3. The highest BCUT2D eigenvalue weighted by atomic mass is 32.1. The van der Waals surface area contributed by atoms with E-state index in [9.17, 15) is 14.9 Å². The molecule has 0 spiro atoms. The number of nitrogens with one attached hydrogen (secondary N) is 2. The lowest BCUT2D eigenvalue weighted by molar-refractivity contribution is -0.116. The Morgan fingerprint density at radius 1 is 1.33 bits per heavy atom. The number of fused-ring (bicyclic) bond motifs is 1. The molecule has 1 aliphatic carbocycles. The van der Waals surface area contributed by atoms with Crippen LogP contribution in [0, 0.1) is 18.3 Å². The van der Waals surface area contributed by atoms with Crippen molar-refractivity contribution in [1.29, 1.82) is 5.26 Å². The molecule has 0 bridgehead atoms. The fraction of sp³-hybridized carbons (Fsp3) is 0.385. The maximum atomic E-state index is 12.6. The number of hydrogen-bond donors (Lipinski definition) is 2. The largest absolute Gasteiger partial charge is 0.497 e. The van der Waals surface area contributed by atoms with Crippen molar-refractivity contribution < 1.29 is 19.1 Å². The van der Waals surface area contributed by atoms with Crippen LogP contribution < -0.4 is 15.4 Å². The van der Waals surface area contributed by atoms with Crippen LogP contribution in [0.4, 0.5) is 9.80 Å². The second-order valence-corrected chi connectivity index (χ2v) is 9.85. The van der Waals surface area contributed by atoms with E-state index in [2.05, 4.69) is 21.8 Å². The third-order valence-corrected chi connectivity index (χ3v) is 7.32. The summed E-state index contributed by atoms with van der Waals surface area (Å²) in [5.41, 5.74) is 4.23. The summed E-state index contributed by atoms with van der Waals surface area (Å²) in [6.07, 6.45) is 1.86. The van der Waals surface area contributed by atoms with E-state index in [1.54, 1.807) is 11.8 Å². The summed E-state index contributed by atoms with van der Waals surface area (Å²) >= 11 is 1.39. The van der Waals surface area contributed by atoms with Crippen molar-refractivity contribution >= 4 is 28.3 Å². The number of aryl methyl sites for hydroxylation is 3. The first-order chi connectivity index (χ1) is 17.4. The van der Waals surface area contributed by atoms with Crippen molar-refractivity contribution in [2.45, 2.75) is 51.7 Å². The standard InChI is InChI=1S/C26H29N5O4S/c1-16-11-18(31(2)30-16)15-28-26(33)35-20-8-9-21-22(14-27)25(36-23(21)13-20)29-24(32)10-7-17-5-4-6-19(12-17)34-3/h4-6,11-12,20H,7-10,13,15H2,1-3H3,(H,28,33)(H,29,32). The van der Waals surface area contributed by atoms with E-state index in [4.69, 9.17) is 9.47 Å². The predicted octanol–water partition coefficient (Wildman–Crippen LogP) is 4.03. The molecule has 2 N–H and O–H groups in total. The smallest absolute Gasteiger partial charge is 0.407 e. The number of carbonyl (C=O) groups excluding carboxylic acids is 2. The number of anilines is 1. The van der Waals surface area contributed by atoms with Gasteiger partial charge in [-0.1, -0.05) is 12.1 Å². The van der Waals surface area contributed by atoms with Gasteiger partial charge in [-0.2, -0.15) is 10.4 Å². The molecule has 0 fully saturated rings. The first kappa shape index (κ1) is 25.3. The van der Waals surface area contributed by atoms with Gasteiger partial charge in [-0.3, -0.25) is 9.48 Å². The van der Waals surface area contributed by atoms with Crippen molar-refractivity contribution in [2.24, 2.45) is 7.05 Å². The minimum atomic E-state index is -0.481. The van der Waals surface area contributed by atoms with Gasteiger partial charge in [0.2, 0.25) is 5.91 Å². The van der Waals surface area contributed by atoms with E-state index < -0.39 is 6.09 Å². The summed E-state index contributed by atoms with van der Waals surface area (Å²) in [6.45, 7) is 2.23. The molecular formula is C26H29N5O4S. The van der Waals surface area contributed by atoms with Crippen LogP contribution in [0.2, 0.25) is 0 Å². The number of thiophene rings is 1. The molecule has 2 amide bonds. The van der Waals surface area contributed by atoms with Gasteiger partial charge in [-0.15, -0.1) is 11.3 Å². The molecule has 0 saturated heterocycles. The monoisotopic (exact) mass is 507 g/mol. The molecule has 3 aromatic rings. The maximum Gasteiger partial charge on any atom is 0.407 e. The zero-order valence-corrected chi connectivity index (χ0v) is 21.4. The fourth-order valence-corrected chi connectivity index (χ4v) is 5.60. The van der Waals surface area contributed by atoms with Crippen LogP contribution in [0.1, 0.15) is 45.8 Å². The van der Waals surface area contributed by atoms with E-state index in [-0.39, 0.29) is 12.0 Å². The molecule has 1 atom stereocenters. The number of ether oxygens (including phenoxy) is 2. The van der Waals surface area contributed by atoms with Gasteiger partial charge < -0.3 is 20.1 Å². The van der Waals surface area contributed by atoms with Crippen molar-refractivity contribution in [3.05, 3.63) is 63.3 Å².